The molecular weight excluding hydrogens is 442 g/mol. The number of anilines is 1. The van der Waals surface area contributed by atoms with Gasteiger partial charge in [-0.15, -0.1) is 10.2 Å². The van der Waals surface area contributed by atoms with Gasteiger partial charge in [0.15, 0.2) is 6.29 Å². The van der Waals surface area contributed by atoms with Gasteiger partial charge < -0.3 is 14.6 Å². The molecule has 1 saturated heterocycles. The Morgan fingerprint density at radius 1 is 1.11 bits per heavy atom. The summed E-state index contributed by atoms with van der Waals surface area (Å²) in [6, 6.07) is 13.1. The molecule has 0 amide bonds. The molecule has 0 bridgehead atoms. The zero-order valence-corrected chi connectivity index (χ0v) is 19.6. The lowest BCUT2D eigenvalue weighted by molar-refractivity contribution is 0.112. The topological polar surface area (TPSA) is 113 Å². The highest BCUT2D eigenvalue weighted by Gasteiger charge is 2.28. The number of carbonyl (C=O) groups excluding carboxylic acids is 1. The summed E-state index contributed by atoms with van der Waals surface area (Å²) in [5.74, 6) is 1.20. The molecule has 5 rings (SSSR count). The van der Waals surface area contributed by atoms with Gasteiger partial charge in [-0.2, -0.15) is 10.4 Å². The Balaban J connectivity index is 1.61. The Morgan fingerprint density at radius 2 is 1.89 bits per heavy atom. The van der Waals surface area contributed by atoms with E-state index in [-0.39, 0.29) is 11.3 Å². The van der Waals surface area contributed by atoms with E-state index in [1.807, 2.05) is 43.1 Å². The molecule has 9 nitrogen and oxygen atoms in total. The summed E-state index contributed by atoms with van der Waals surface area (Å²) in [6.07, 6.45) is 5.96. The molecule has 1 N–H and O–H groups in total. The highest BCUT2D eigenvalue weighted by atomic mass is 16.3. The van der Waals surface area contributed by atoms with Gasteiger partial charge in [-0.05, 0) is 36.6 Å². The van der Waals surface area contributed by atoms with Crippen LogP contribution in [0.25, 0.3) is 22.4 Å². The number of aromatic hydroxyl groups is 1. The van der Waals surface area contributed by atoms with Gasteiger partial charge in [-0.25, -0.2) is 0 Å². The van der Waals surface area contributed by atoms with E-state index in [4.69, 9.17) is 0 Å². The summed E-state index contributed by atoms with van der Waals surface area (Å²) in [6.45, 7) is 1.48. The van der Waals surface area contributed by atoms with Gasteiger partial charge in [0.2, 0.25) is 0 Å². The van der Waals surface area contributed by atoms with Crippen molar-refractivity contribution in [3.63, 3.8) is 0 Å². The summed E-state index contributed by atoms with van der Waals surface area (Å²) >= 11 is 0. The molecule has 0 radical (unpaired) electrons. The Labute approximate surface area is 202 Å². The van der Waals surface area contributed by atoms with E-state index in [1.165, 1.54) is 6.07 Å². The van der Waals surface area contributed by atoms with Crippen LogP contribution < -0.4 is 4.90 Å². The molecule has 1 aliphatic heterocycles. The predicted molar refractivity (Wildman–Crippen MR) is 131 cm³/mol. The summed E-state index contributed by atoms with van der Waals surface area (Å²) in [7, 11) is 3.80. The first-order chi connectivity index (χ1) is 17.0. The van der Waals surface area contributed by atoms with Crippen molar-refractivity contribution in [2.45, 2.75) is 18.8 Å². The van der Waals surface area contributed by atoms with Gasteiger partial charge in [0.05, 0.1) is 22.5 Å². The number of aldehydes is 1. The second-order valence-electron chi connectivity index (χ2n) is 8.82. The molecule has 0 saturated carbocycles. The number of aryl methyl sites for hydroxylation is 2. The summed E-state index contributed by atoms with van der Waals surface area (Å²) in [5, 5.41) is 33.2. The van der Waals surface area contributed by atoms with Crippen molar-refractivity contribution in [1.82, 2.24) is 24.5 Å². The molecule has 1 fully saturated rings. The zero-order chi connectivity index (χ0) is 24.5. The number of benzene rings is 2. The third-order valence-corrected chi connectivity index (χ3v) is 6.67. The second kappa shape index (κ2) is 9.06. The lowest BCUT2D eigenvalue weighted by atomic mass is 9.90. The minimum absolute atomic E-state index is 0.0691. The lowest BCUT2D eigenvalue weighted by Gasteiger charge is -2.35. The second-order valence-corrected chi connectivity index (χ2v) is 8.82. The van der Waals surface area contributed by atoms with Crippen LogP contribution in [0.5, 0.6) is 5.75 Å². The molecule has 0 atom stereocenters. The predicted octanol–water partition coefficient (Wildman–Crippen LogP) is 3.66. The van der Waals surface area contributed by atoms with Crippen molar-refractivity contribution in [2.24, 2.45) is 14.1 Å². The first kappa shape index (κ1) is 22.3. The van der Waals surface area contributed by atoms with Crippen molar-refractivity contribution in [2.75, 3.05) is 18.0 Å². The van der Waals surface area contributed by atoms with Crippen molar-refractivity contribution < 1.29 is 9.90 Å². The van der Waals surface area contributed by atoms with Crippen LogP contribution in [0.3, 0.4) is 0 Å². The van der Waals surface area contributed by atoms with Gasteiger partial charge in [-0.3, -0.25) is 9.48 Å². The van der Waals surface area contributed by atoms with Crippen LogP contribution in [-0.4, -0.2) is 49.0 Å². The van der Waals surface area contributed by atoms with Crippen molar-refractivity contribution in [1.29, 1.82) is 5.26 Å². The normalized spacial score (nSPS) is 14.1. The highest BCUT2D eigenvalue weighted by molar-refractivity contribution is 5.91. The van der Waals surface area contributed by atoms with E-state index in [2.05, 4.69) is 26.3 Å². The average molecular weight is 468 g/mol. The fraction of sp³-hybridized carbons (Fsp3) is 0.269. The molecule has 2 aromatic carbocycles. The number of phenolic OH excluding ortho intramolecular Hbond substituents is 1. The molecule has 9 heteroatoms. The van der Waals surface area contributed by atoms with Gasteiger partial charge in [0, 0.05) is 50.4 Å². The molecule has 0 aliphatic carbocycles. The molecule has 0 unspecified atom stereocenters. The number of nitriles is 1. The zero-order valence-electron chi connectivity index (χ0n) is 19.6. The minimum atomic E-state index is -0.0691. The fourth-order valence-corrected chi connectivity index (χ4v) is 4.88. The molecule has 35 heavy (non-hydrogen) atoms. The van der Waals surface area contributed by atoms with Crippen LogP contribution in [0.4, 0.5) is 5.69 Å². The summed E-state index contributed by atoms with van der Waals surface area (Å²) in [4.78, 5) is 13.7. The quantitative estimate of drug-likeness (QED) is 0.446. The Morgan fingerprint density at radius 3 is 2.51 bits per heavy atom. The van der Waals surface area contributed by atoms with E-state index in [0.29, 0.717) is 17.8 Å². The van der Waals surface area contributed by atoms with Crippen LogP contribution in [0.15, 0.2) is 48.9 Å². The van der Waals surface area contributed by atoms with Gasteiger partial charge in [0.1, 0.15) is 24.0 Å². The van der Waals surface area contributed by atoms with E-state index < -0.39 is 0 Å². The highest BCUT2D eigenvalue weighted by Crippen LogP contribution is 2.42. The van der Waals surface area contributed by atoms with Crippen LogP contribution in [0, 0.1) is 11.3 Å². The third-order valence-electron chi connectivity index (χ3n) is 6.67. The Hall–Kier alpha value is -4.45. The van der Waals surface area contributed by atoms with Crippen molar-refractivity contribution in [3.8, 4) is 34.2 Å². The summed E-state index contributed by atoms with van der Waals surface area (Å²) in [5.41, 5.74) is 4.65. The Bertz CT molecular complexity index is 1440. The molecule has 0 spiro atoms. The van der Waals surface area contributed by atoms with Crippen LogP contribution >= 0.6 is 0 Å². The molecular formula is C26H25N7O2. The maximum atomic E-state index is 11.5. The van der Waals surface area contributed by atoms with Gasteiger partial charge >= 0.3 is 0 Å². The first-order valence-corrected chi connectivity index (χ1v) is 11.4. The summed E-state index contributed by atoms with van der Waals surface area (Å²) < 4.78 is 3.68. The maximum absolute atomic E-state index is 11.5. The monoisotopic (exact) mass is 467 g/mol. The van der Waals surface area contributed by atoms with Gasteiger partial charge in [-0.1, -0.05) is 18.2 Å². The number of hydrogen-bond acceptors (Lipinski definition) is 7. The number of piperidine rings is 1. The number of aromatic nitrogens is 5. The Kier molecular flexibility index (Phi) is 5.79. The number of carbonyl (C=O) groups is 1. The largest absolute Gasteiger partial charge is 0.507 e. The fourth-order valence-electron chi connectivity index (χ4n) is 4.88. The standard InChI is InChI=1S/C26H25N7O2/c1-31-16-28-29-26(31)17-7-11-33(12-8-17)25-20(18-3-6-24(35)19(13-18)15-34)4-5-21(22(25)14-27)23-9-10-32(2)30-23/h3-6,9-10,13,15-17,35H,7-8,11-12H2,1-2H3. The molecule has 3 heterocycles. The third kappa shape index (κ3) is 4.04. The van der Waals surface area contributed by atoms with E-state index in [0.717, 1.165) is 59.8 Å². The SMILES string of the molecule is Cn1ccc(-c2ccc(-c3ccc(O)c(C=O)c3)c(N3CCC(c4nncn4C)CC3)c2C#N)n1. The van der Waals surface area contributed by atoms with Crippen LogP contribution in [0.2, 0.25) is 0 Å². The number of hydrogen-bond donors (Lipinski definition) is 1. The molecule has 176 valence electrons. The molecule has 1 aliphatic rings. The maximum Gasteiger partial charge on any atom is 0.153 e. The van der Waals surface area contributed by atoms with E-state index >= 15 is 0 Å². The van der Waals surface area contributed by atoms with Crippen molar-refractivity contribution in [3.05, 3.63) is 65.9 Å². The average Bonchev–Trinajstić information content (AvgIpc) is 3.51. The molecule has 4 aromatic rings. The van der Waals surface area contributed by atoms with Crippen LogP contribution in [0.1, 0.15) is 40.5 Å². The lowest BCUT2D eigenvalue weighted by Crippen LogP contribution is -2.34. The minimum Gasteiger partial charge on any atom is -0.507 e. The first-order valence-electron chi connectivity index (χ1n) is 11.4. The van der Waals surface area contributed by atoms with Gasteiger partial charge in [0.25, 0.3) is 0 Å². The number of phenols is 1. The number of rotatable bonds is 5. The van der Waals surface area contributed by atoms with Crippen molar-refractivity contribution >= 4 is 12.0 Å². The van der Waals surface area contributed by atoms with Crippen LogP contribution in [-0.2, 0) is 14.1 Å². The smallest absolute Gasteiger partial charge is 0.153 e. The number of nitrogens with zero attached hydrogens (tertiary/aromatic N) is 7. The molecule has 2 aromatic heterocycles. The van der Waals surface area contributed by atoms with E-state index in [1.54, 1.807) is 23.1 Å². The van der Waals surface area contributed by atoms with E-state index in [9.17, 15) is 15.2 Å².